The smallest absolute Gasteiger partial charge is 0.325 e. The molecule has 0 spiro atoms. The average Bonchev–Trinajstić information content (AvgIpc) is 2.86. The van der Waals surface area contributed by atoms with Crippen molar-refractivity contribution >= 4 is 25.2 Å². The van der Waals surface area contributed by atoms with Crippen molar-refractivity contribution in [3.8, 4) is 5.75 Å². The highest BCUT2D eigenvalue weighted by Gasteiger charge is 2.11. The molecule has 0 aliphatic heterocycles. The van der Waals surface area contributed by atoms with Crippen LogP contribution in [0.2, 0.25) is 0 Å². The predicted molar refractivity (Wildman–Crippen MR) is 153 cm³/mol. The molecule has 9 heteroatoms. The van der Waals surface area contributed by atoms with Crippen molar-refractivity contribution in [3.05, 3.63) is 24.3 Å². The first-order chi connectivity index (χ1) is 18.3. The molecule has 1 amide bonds. The fraction of sp³-hybridized carbons (Fsp3) is 0.724. The van der Waals surface area contributed by atoms with Crippen LogP contribution in [0.15, 0.2) is 24.3 Å². The molecule has 0 fully saturated rings. The standard InChI is InChI=1S/C29H50NO7P/c31-28(30-26-20-16-17-21-27(26)37-24-19-23-29(32)33)22-15-13-11-9-7-5-3-1-2-4-6-8-10-12-14-18-25-38(34,35)36/h16-17,20-21H,1-15,18-19,22-25H2,(H,30,31)(H,32,33)(H2,34,35,36). The van der Waals surface area contributed by atoms with E-state index >= 15 is 0 Å². The topological polar surface area (TPSA) is 133 Å². The van der Waals surface area contributed by atoms with Crippen molar-refractivity contribution in [1.82, 2.24) is 0 Å². The van der Waals surface area contributed by atoms with Crippen LogP contribution in [0.25, 0.3) is 0 Å². The highest BCUT2D eigenvalue weighted by molar-refractivity contribution is 7.51. The van der Waals surface area contributed by atoms with E-state index in [1.807, 2.05) is 12.1 Å². The van der Waals surface area contributed by atoms with Crippen molar-refractivity contribution < 1.29 is 33.8 Å². The summed E-state index contributed by atoms with van der Waals surface area (Å²) in [6.07, 6.45) is 19.3. The molecule has 1 aromatic carbocycles. The Hall–Kier alpha value is -1.89. The minimum atomic E-state index is -3.81. The van der Waals surface area contributed by atoms with Gasteiger partial charge in [-0.2, -0.15) is 0 Å². The van der Waals surface area contributed by atoms with Gasteiger partial charge in [-0.1, -0.05) is 102 Å². The third-order valence-electron chi connectivity index (χ3n) is 6.56. The number of carboxylic acid groups (broad SMARTS) is 1. The van der Waals surface area contributed by atoms with Crippen molar-refractivity contribution in [2.75, 3.05) is 18.1 Å². The van der Waals surface area contributed by atoms with Gasteiger partial charge in [0, 0.05) is 19.0 Å². The maximum absolute atomic E-state index is 12.3. The van der Waals surface area contributed by atoms with Crippen molar-refractivity contribution in [3.63, 3.8) is 0 Å². The van der Waals surface area contributed by atoms with E-state index in [-0.39, 0.29) is 18.5 Å². The number of nitrogens with one attached hydrogen (secondary N) is 1. The second-order valence-electron chi connectivity index (χ2n) is 10.2. The minimum absolute atomic E-state index is 0.0218. The lowest BCUT2D eigenvalue weighted by atomic mass is 10.0. The molecule has 0 saturated carbocycles. The molecule has 0 saturated heterocycles. The Bertz CT molecular complexity index is 812. The van der Waals surface area contributed by atoms with Crippen LogP contribution >= 0.6 is 7.60 Å². The van der Waals surface area contributed by atoms with E-state index in [0.717, 1.165) is 32.1 Å². The Morgan fingerprint density at radius 1 is 0.684 bits per heavy atom. The zero-order valence-corrected chi connectivity index (χ0v) is 24.0. The van der Waals surface area contributed by atoms with Crippen LogP contribution in [0, 0.1) is 0 Å². The van der Waals surface area contributed by atoms with E-state index in [0.29, 0.717) is 37.3 Å². The number of hydrogen-bond acceptors (Lipinski definition) is 4. The summed E-state index contributed by atoms with van der Waals surface area (Å²) in [5, 5.41) is 11.6. The number of ether oxygens (including phenoxy) is 1. The first kappa shape index (κ1) is 34.1. The lowest BCUT2D eigenvalue weighted by molar-refractivity contribution is -0.137. The van der Waals surface area contributed by atoms with Gasteiger partial charge < -0.3 is 24.9 Å². The van der Waals surface area contributed by atoms with Gasteiger partial charge in [0.05, 0.1) is 12.3 Å². The molecule has 0 bridgehead atoms. The molecular formula is C29H50NO7P. The molecule has 0 unspecified atom stereocenters. The number of aliphatic carboxylic acids is 1. The summed E-state index contributed by atoms with van der Waals surface area (Å²) < 4.78 is 16.4. The third-order valence-corrected chi connectivity index (χ3v) is 7.46. The SMILES string of the molecule is O=C(O)CCCOc1ccccc1NC(=O)CCCCCCCCCCCCCCCCCCP(=O)(O)O. The van der Waals surface area contributed by atoms with Crippen LogP contribution < -0.4 is 10.1 Å². The number of para-hydroxylation sites is 2. The number of rotatable bonds is 25. The summed E-state index contributed by atoms with van der Waals surface area (Å²) in [7, 11) is -3.81. The van der Waals surface area contributed by atoms with Gasteiger partial charge in [-0.25, -0.2) is 0 Å². The first-order valence-corrected chi connectivity index (χ1v) is 16.4. The van der Waals surface area contributed by atoms with Crippen LogP contribution in [0.1, 0.15) is 122 Å². The minimum Gasteiger partial charge on any atom is -0.491 e. The second-order valence-corrected chi connectivity index (χ2v) is 12.0. The number of unbranched alkanes of at least 4 members (excludes halogenated alkanes) is 15. The zero-order valence-electron chi connectivity index (χ0n) is 23.1. The summed E-state index contributed by atoms with van der Waals surface area (Å²) in [5.41, 5.74) is 0.629. The number of carboxylic acids is 1. The number of benzene rings is 1. The number of hydrogen-bond donors (Lipinski definition) is 4. The molecule has 0 aliphatic rings. The van der Waals surface area contributed by atoms with Gasteiger partial charge in [0.25, 0.3) is 0 Å². The van der Waals surface area contributed by atoms with E-state index in [9.17, 15) is 14.2 Å². The summed E-state index contributed by atoms with van der Waals surface area (Å²) in [6.45, 7) is 0.298. The van der Waals surface area contributed by atoms with E-state index in [1.165, 1.54) is 64.2 Å². The van der Waals surface area contributed by atoms with Gasteiger partial charge in [0.2, 0.25) is 5.91 Å². The van der Waals surface area contributed by atoms with E-state index in [1.54, 1.807) is 12.1 Å². The van der Waals surface area contributed by atoms with Crippen LogP contribution in [0.4, 0.5) is 5.69 Å². The molecule has 0 aliphatic carbocycles. The molecule has 8 nitrogen and oxygen atoms in total. The van der Waals surface area contributed by atoms with Crippen molar-refractivity contribution in [2.45, 2.75) is 122 Å². The summed E-state index contributed by atoms with van der Waals surface area (Å²) in [6, 6.07) is 7.24. The molecule has 1 rings (SSSR count). The van der Waals surface area contributed by atoms with Crippen LogP contribution in [0.5, 0.6) is 5.75 Å². The van der Waals surface area contributed by atoms with Gasteiger partial charge in [0.1, 0.15) is 5.75 Å². The number of anilines is 1. The molecule has 38 heavy (non-hydrogen) atoms. The highest BCUT2D eigenvalue weighted by Crippen LogP contribution is 2.35. The highest BCUT2D eigenvalue weighted by atomic mass is 31.2. The molecule has 218 valence electrons. The molecular weight excluding hydrogens is 505 g/mol. The maximum atomic E-state index is 12.3. The van der Waals surface area contributed by atoms with Gasteiger partial charge in [0.15, 0.2) is 0 Å². The van der Waals surface area contributed by atoms with Crippen molar-refractivity contribution in [2.24, 2.45) is 0 Å². The normalized spacial score (nSPS) is 11.4. The van der Waals surface area contributed by atoms with Gasteiger partial charge in [-0.05, 0) is 31.4 Å². The lowest BCUT2D eigenvalue weighted by Gasteiger charge is -2.12. The monoisotopic (exact) mass is 555 g/mol. The Kier molecular flexibility index (Phi) is 19.7. The predicted octanol–water partition coefficient (Wildman–Crippen LogP) is 7.68. The van der Waals surface area contributed by atoms with Crippen LogP contribution in [-0.4, -0.2) is 39.5 Å². The molecule has 0 heterocycles. The first-order valence-electron chi connectivity index (χ1n) is 14.6. The summed E-state index contributed by atoms with van der Waals surface area (Å²) >= 11 is 0. The van der Waals surface area contributed by atoms with Crippen LogP contribution in [-0.2, 0) is 14.2 Å². The largest absolute Gasteiger partial charge is 0.491 e. The Balaban J connectivity index is 1.91. The molecule has 0 atom stereocenters. The third kappa shape index (κ3) is 21.1. The van der Waals surface area contributed by atoms with Gasteiger partial charge in [-0.15, -0.1) is 0 Å². The Labute approximate surface area is 229 Å². The summed E-state index contributed by atoms with van der Waals surface area (Å²) in [4.78, 5) is 40.6. The molecule has 0 aromatic heterocycles. The average molecular weight is 556 g/mol. The molecule has 1 aromatic rings. The lowest BCUT2D eigenvalue weighted by Crippen LogP contribution is -2.12. The zero-order chi connectivity index (χ0) is 27.9. The van der Waals surface area contributed by atoms with Crippen molar-refractivity contribution in [1.29, 1.82) is 0 Å². The number of carbonyl (C=O) groups is 2. The Morgan fingerprint density at radius 3 is 1.66 bits per heavy atom. The van der Waals surface area contributed by atoms with Gasteiger partial charge >= 0.3 is 13.6 Å². The summed E-state index contributed by atoms with van der Waals surface area (Å²) in [5.74, 6) is -0.297. The van der Waals surface area contributed by atoms with E-state index in [2.05, 4.69) is 5.32 Å². The fourth-order valence-corrected chi connectivity index (χ4v) is 5.03. The molecule has 4 N–H and O–H groups in total. The number of amides is 1. The second kappa shape index (κ2) is 22.0. The fourth-order valence-electron chi connectivity index (χ4n) is 4.39. The quantitative estimate of drug-likeness (QED) is 0.0718. The Morgan fingerprint density at radius 2 is 1.16 bits per heavy atom. The van der Waals surface area contributed by atoms with Gasteiger partial charge in [-0.3, -0.25) is 14.2 Å². The maximum Gasteiger partial charge on any atom is 0.325 e. The van der Waals surface area contributed by atoms with E-state index < -0.39 is 13.6 Å². The van der Waals surface area contributed by atoms with E-state index in [4.69, 9.17) is 19.6 Å². The van der Waals surface area contributed by atoms with Crippen LogP contribution in [0.3, 0.4) is 0 Å². The molecule has 0 radical (unpaired) electrons. The number of carbonyl (C=O) groups excluding carboxylic acids is 1.